The lowest BCUT2D eigenvalue weighted by Crippen LogP contribution is -2.51. The van der Waals surface area contributed by atoms with Crippen molar-refractivity contribution in [2.24, 2.45) is 0 Å². The van der Waals surface area contributed by atoms with Gasteiger partial charge in [0.1, 0.15) is 23.5 Å². The molecule has 0 bridgehead atoms. The third kappa shape index (κ3) is 9.18. The number of carbonyl (C=O) groups excluding carboxylic acids is 2. The summed E-state index contributed by atoms with van der Waals surface area (Å²) in [4.78, 5) is 37.9. The van der Waals surface area contributed by atoms with Crippen molar-refractivity contribution in [2.75, 3.05) is 55.9 Å². The van der Waals surface area contributed by atoms with Crippen LogP contribution in [0.5, 0.6) is 17.4 Å². The van der Waals surface area contributed by atoms with Gasteiger partial charge < -0.3 is 30.2 Å². The van der Waals surface area contributed by atoms with Gasteiger partial charge in [-0.15, -0.1) is 0 Å². The number of rotatable bonds is 13. The van der Waals surface area contributed by atoms with Gasteiger partial charge in [-0.3, -0.25) is 15.0 Å². The molecule has 1 aliphatic rings. The van der Waals surface area contributed by atoms with Crippen molar-refractivity contribution in [3.05, 3.63) is 121 Å². The van der Waals surface area contributed by atoms with E-state index in [0.717, 1.165) is 41.0 Å². The van der Waals surface area contributed by atoms with Crippen LogP contribution in [0.3, 0.4) is 0 Å². The smallest absolute Gasteiger partial charge is 0.324 e. The molecule has 7 rings (SSSR count). The summed E-state index contributed by atoms with van der Waals surface area (Å²) < 4.78 is 18.9. The lowest BCUT2D eigenvalue weighted by molar-refractivity contribution is 0.0346. The topological polar surface area (TPSA) is 157 Å². The Morgan fingerprint density at radius 1 is 0.873 bits per heavy atom. The zero-order valence-electron chi connectivity index (χ0n) is 30.9. The van der Waals surface area contributed by atoms with Crippen LogP contribution in [0.25, 0.3) is 16.5 Å². The molecule has 1 fully saturated rings. The Hall–Kier alpha value is -6.51. The Morgan fingerprint density at radius 3 is 2.36 bits per heavy atom. The highest BCUT2D eigenvalue weighted by atomic mass is 16.5. The summed E-state index contributed by atoms with van der Waals surface area (Å²) in [5.41, 5.74) is 2.76. The monoisotopic (exact) mass is 741 g/mol. The Morgan fingerprint density at radius 2 is 1.62 bits per heavy atom. The number of morpholine rings is 1. The number of hydrogen-bond acceptors (Lipinski definition) is 10. The van der Waals surface area contributed by atoms with Gasteiger partial charge in [-0.1, -0.05) is 56.3 Å². The van der Waals surface area contributed by atoms with E-state index in [0.29, 0.717) is 48.5 Å². The van der Waals surface area contributed by atoms with Crippen molar-refractivity contribution in [1.29, 1.82) is 0 Å². The quantitative estimate of drug-likeness (QED) is 0.0920. The van der Waals surface area contributed by atoms with Gasteiger partial charge in [0.2, 0.25) is 11.8 Å². The summed E-state index contributed by atoms with van der Waals surface area (Å²) in [6.07, 6.45) is 1.10. The van der Waals surface area contributed by atoms with Crippen LogP contribution in [0.1, 0.15) is 35.8 Å². The first-order chi connectivity index (χ1) is 26.8. The van der Waals surface area contributed by atoms with Gasteiger partial charge in [0, 0.05) is 54.3 Å². The first-order valence-electron chi connectivity index (χ1n) is 18.1. The second-order valence-corrected chi connectivity index (χ2v) is 13.2. The van der Waals surface area contributed by atoms with Crippen molar-refractivity contribution < 1.29 is 23.8 Å². The summed E-state index contributed by atoms with van der Waals surface area (Å²) >= 11 is 0. The predicted octanol–water partition coefficient (Wildman–Crippen LogP) is 6.88. The molecule has 0 radical (unpaired) electrons. The normalized spacial score (nSPS) is 13.6. The van der Waals surface area contributed by atoms with E-state index >= 15 is 0 Å². The van der Waals surface area contributed by atoms with Crippen molar-refractivity contribution >= 4 is 40.2 Å². The van der Waals surface area contributed by atoms with Crippen molar-refractivity contribution in [3.8, 4) is 23.1 Å². The second kappa shape index (κ2) is 17.1. The zero-order chi connectivity index (χ0) is 38.1. The van der Waals surface area contributed by atoms with Gasteiger partial charge >= 0.3 is 6.03 Å². The van der Waals surface area contributed by atoms with Crippen LogP contribution in [-0.4, -0.2) is 82.7 Å². The van der Waals surface area contributed by atoms with Crippen molar-refractivity contribution in [1.82, 2.24) is 30.0 Å². The molecule has 282 valence electrons. The van der Waals surface area contributed by atoms with E-state index in [4.69, 9.17) is 19.3 Å². The molecular formula is C41H43N9O5. The minimum atomic E-state index is -0.495. The molecule has 14 nitrogen and oxygen atoms in total. The lowest BCUT2D eigenvalue weighted by atomic mass is 10.1. The third-order valence-electron chi connectivity index (χ3n) is 9.04. The van der Waals surface area contributed by atoms with E-state index in [1.165, 1.54) is 0 Å². The number of nitrogens with zero attached hydrogens (tertiary/aromatic N) is 5. The first kappa shape index (κ1) is 36.8. The number of urea groups is 1. The van der Waals surface area contributed by atoms with E-state index in [9.17, 15) is 9.59 Å². The van der Waals surface area contributed by atoms with E-state index in [-0.39, 0.29) is 17.8 Å². The molecule has 1 saturated heterocycles. The molecule has 4 aromatic carbocycles. The third-order valence-corrected chi connectivity index (χ3v) is 9.04. The highest BCUT2D eigenvalue weighted by molar-refractivity contribution is 6.07. The number of aromatic nitrogens is 4. The Balaban J connectivity index is 1.07. The summed E-state index contributed by atoms with van der Waals surface area (Å²) in [7, 11) is 1.62. The molecule has 14 heteroatoms. The second-order valence-electron chi connectivity index (χ2n) is 13.2. The number of carbonyl (C=O) groups is 2. The highest BCUT2D eigenvalue weighted by Gasteiger charge is 2.21. The predicted molar refractivity (Wildman–Crippen MR) is 211 cm³/mol. The fourth-order valence-corrected chi connectivity index (χ4v) is 6.17. The fourth-order valence-electron chi connectivity index (χ4n) is 6.17. The molecule has 3 amide bonds. The molecule has 0 saturated carbocycles. The molecule has 1 atom stereocenters. The molecule has 0 aliphatic carbocycles. The number of anilines is 3. The van der Waals surface area contributed by atoms with Gasteiger partial charge in [0.15, 0.2) is 0 Å². The first-order valence-corrected chi connectivity index (χ1v) is 18.1. The maximum atomic E-state index is 13.5. The van der Waals surface area contributed by atoms with E-state index in [1.807, 2.05) is 72.8 Å². The average molecular weight is 742 g/mol. The van der Waals surface area contributed by atoms with Gasteiger partial charge in [-0.25, -0.2) is 14.5 Å². The van der Waals surface area contributed by atoms with Gasteiger partial charge in [-0.05, 0) is 54.4 Å². The molecule has 4 N–H and O–H groups in total. The van der Waals surface area contributed by atoms with E-state index in [2.05, 4.69) is 50.0 Å². The van der Waals surface area contributed by atoms with Crippen molar-refractivity contribution in [3.63, 3.8) is 0 Å². The van der Waals surface area contributed by atoms with Crippen LogP contribution in [0.4, 0.5) is 22.2 Å². The number of ether oxygens (including phenoxy) is 3. The average Bonchev–Trinajstić information content (AvgIpc) is 3.63. The van der Waals surface area contributed by atoms with Gasteiger partial charge in [0.25, 0.3) is 5.91 Å². The maximum absolute atomic E-state index is 13.5. The Labute approximate surface area is 318 Å². The van der Waals surface area contributed by atoms with Crippen LogP contribution in [0.2, 0.25) is 0 Å². The van der Waals surface area contributed by atoms with Crippen LogP contribution in [-0.2, 0) is 4.74 Å². The summed E-state index contributed by atoms with van der Waals surface area (Å²) in [5, 5.41) is 18.6. The molecule has 6 aromatic rings. The van der Waals surface area contributed by atoms with Gasteiger partial charge in [0.05, 0.1) is 37.4 Å². The molecule has 55 heavy (non-hydrogen) atoms. The molecule has 2 aromatic heterocycles. The molecule has 1 aliphatic heterocycles. The van der Waals surface area contributed by atoms with Crippen LogP contribution in [0, 0.1) is 0 Å². The fraction of sp³-hybridized carbons (Fsp3) is 0.244. The summed E-state index contributed by atoms with van der Waals surface area (Å²) in [5.74, 6) is 2.31. The SMILES string of the molecule is COc1ccc(-n2nc(C(C)C)cc2NC(=O)Nc2ccc(Oc3ccnc(NC(CN4CCOCC4)NC(=O)c4ccccc4)n3)c3ccccc23)cc1. The number of amides is 3. The zero-order valence-corrected chi connectivity index (χ0v) is 30.9. The van der Waals surface area contributed by atoms with Crippen LogP contribution < -0.4 is 30.7 Å². The molecule has 1 unspecified atom stereocenters. The number of fused-ring (bicyclic) bond motifs is 1. The maximum Gasteiger partial charge on any atom is 0.324 e. The lowest BCUT2D eigenvalue weighted by Gasteiger charge is -2.31. The largest absolute Gasteiger partial charge is 0.497 e. The Bertz CT molecular complexity index is 2240. The minimum absolute atomic E-state index is 0.151. The number of methoxy groups -OCH3 is 1. The van der Waals surface area contributed by atoms with Crippen molar-refractivity contribution in [2.45, 2.75) is 25.9 Å². The van der Waals surface area contributed by atoms with Crippen LogP contribution in [0.15, 0.2) is 109 Å². The van der Waals surface area contributed by atoms with Crippen LogP contribution >= 0.6 is 0 Å². The van der Waals surface area contributed by atoms with E-state index < -0.39 is 12.2 Å². The molecular weight excluding hydrogens is 699 g/mol. The molecule has 3 heterocycles. The summed E-state index contributed by atoms with van der Waals surface area (Å²) in [6.45, 7) is 7.37. The highest BCUT2D eigenvalue weighted by Crippen LogP contribution is 2.34. The molecule has 0 spiro atoms. The Kier molecular flexibility index (Phi) is 11.4. The van der Waals surface area contributed by atoms with Gasteiger partial charge in [-0.2, -0.15) is 10.1 Å². The summed E-state index contributed by atoms with van der Waals surface area (Å²) in [6, 6.07) is 30.8. The standard InChI is InChI=1S/C41H43N9O5/c1-27(2)34-25-37(50(48-34)29-13-15-30(53-3)16-14-29)46-41(52)43-33-17-18-35(32-12-8-7-11-31(32)33)55-38-19-20-42-40(47-38)45-36(26-49-21-23-54-24-22-49)44-39(51)28-9-5-4-6-10-28/h4-20,25,27,36H,21-24,26H2,1-3H3,(H,44,51)(H,42,45,47)(H2,43,46,52). The minimum Gasteiger partial charge on any atom is -0.497 e. The number of hydrogen-bond donors (Lipinski definition) is 4. The number of benzene rings is 4. The number of nitrogens with one attached hydrogen (secondary N) is 4. The van der Waals surface area contributed by atoms with E-state index in [1.54, 1.807) is 48.3 Å².